The summed E-state index contributed by atoms with van der Waals surface area (Å²) in [6.45, 7) is 4.39. The second kappa shape index (κ2) is 15.5. The van der Waals surface area contributed by atoms with Crippen LogP contribution in [0.5, 0.6) is 0 Å². The first-order valence-corrected chi connectivity index (χ1v) is 10.9. The molecule has 0 saturated heterocycles. The number of rotatable bonds is 18. The van der Waals surface area contributed by atoms with Crippen molar-refractivity contribution in [2.75, 3.05) is 0 Å². The summed E-state index contributed by atoms with van der Waals surface area (Å²) in [4.78, 5) is 35.0. The van der Waals surface area contributed by atoms with Crippen LogP contribution in [-0.2, 0) is 19.1 Å². The largest absolute Gasteiger partial charge is 0.478 e. The van der Waals surface area contributed by atoms with Gasteiger partial charge in [-0.25, -0.2) is 4.79 Å². The third-order valence-corrected chi connectivity index (χ3v) is 5.06. The van der Waals surface area contributed by atoms with Gasteiger partial charge in [-0.15, -0.1) is 0 Å². The van der Waals surface area contributed by atoms with Crippen LogP contribution in [0.4, 0.5) is 0 Å². The minimum Gasteiger partial charge on any atom is -0.478 e. The maximum Gasteiger partial charge on any atom is 0.355 e. The third kappa shape index (κ3) is 11.4. The highest BCUT2D eigenvalue weighted by Crippen LogP contribution is 2.18. The quantitative estimate of drug-likeness (QED) is 0.195. The highest BCUT2D eigenvalue weighted by Gasteiger charge is 2.46. The molecular weight excluding hydrogens is 360 g/mol. The molecule has 6 heteroatoms. The minimum atomic E-state index is -2.33. The number of carbonyl (C=O) groups is 3. The summed E-state index contributed by atoms with van der Waals surface area (Å²) >= 11 is 0. The molecule has 0 aromatic carbocycles. The summed E-state index contributed by atoms with van der Waals surface area (Å²) in [5.74, 6) is -3.32. The first-order valence-electron chi connectivity index (χ1n) is 10.9. The van der Waals surface area contributed by atoms with Gasteiger partial charge in [-0.3, -0.25) is 9.59 Å². The molecule has 0 aromatic rings. The number of aliphatic hydroxyl groups is 1. The molecule has 0 aliphatic heterocycles. The second-order valence-corrected chi connectivity index (χ2v) is 7.85. The molecule has 0 radical (unpaired) electrons. The van der Waals surface area contributed by atoms with Gasteiger partial charge in [-0.05, 0) is 20.3 Å². The standard InChI is InChI=1S/C22H40O6/c1-4-5-6-7-8-9-10-11-12-13-14-15-16-17-19(24)28-22(3,21(26)27)20(25)18(2)23/h18,23H,4-17H2,1-3H3,(H,26,27). The van der Waals surface area contributed by atoms with E-state index >= 15 is 0 Å². The Labute approximate surface area is 170 Å². The first-order chi connectivity index (χ1) is 13.3. The third-order valence-electron chi connectivity index (χ3n) is 5.06. The molecule has 2 unspecified atom stereocenters. The maximum absolute atomic E-state index is 11.9. The Bertz CT molecular complexity index is 460. The van der Waals surface area contributed by atoms with E-state index in [4.69, 9.17) is 4.74 Å². The lowest BCUT2D eigenvalue weighted by molar-refractivity contribution is -0.183. The van der Waals surface area contributed by atoms with Crippen LogP contribution >= 0.6 is 0 Å². The number of ether oxygens (including phenoxy) is 1. The Hall–Kier alpha value is -1.43. The predicted molar refractivity (Wildman–Crippen MR) is 109 cm³/mol. The number of carbonyl (C=O) groups excluding carboxylic acids is 2. The summed E-state index contributed by atoms with van der Waals surface area (Å²) in [5, 5.41) is 18.5. The molecule has 0 rings (SSSR count). The number of esters is 1. The van der Waals surface area contributed by atoms with Gasteiger partial charge in [0.25, 0.3) is 5.60 Å². The molecule has 0 amide bonds. The molecule has 2 N–H and O–H groups in total. The lowest BCUT2D eigenvalue weighted by Crippen LogP contribution is -2.51. The molecule has 0 saturated carbocycles. The van der Waals surface area contributed by atoms with Crippen LogP contribution in [0.3, 0.4) is 0 Å². The molecule has 0 bridgehead atoms. The fraction of sp³-hybridized carbons (Fsp3) is 0.864. The van der Waals surface area contributed by atoms with Gasteiger partial charge in [0.05, 0.1) is 0 Å². The van der Waals surface area contributed by atoms with Gasteiger partial charge < -0.3 is 14.9 Å². The number of hydrogen-bond acceptors (Lipinski definition) is 5. The number of ketones is 1. The summed E-state index contributed by atoms with van der Waals surface area (Å²) in [6.07, 6.45) is 14.0. The van der Waals surface area contributed by atoms with E-state index in [0.717, 1.165) is 33.1 Å². The van der Waals surface area contributed by atoms with Gasteiger partial charge in [0.1, 0.15) is 6.10 Å². The number of aliphatic carboxylic acids is 1. The molecule has 2 atom stereocenters. The Morgan fingerprint density at radius 3 is 1.57 bits per heavy atom. The van der Waals surface area contributed by atoms with Gasteiger partial charge in [-0.1, -0.05) is 84.0 Å². The topological polar surface area (TPSA) is 101 Å². The first kappa shape index (κ1) is 26.6. The van der Waals surface area contributed by atoms with E-state index in [2.05, 4.69) is 6.92 Å². The predicted octanol–water partition coefficient (Wildman–Crippen LogP) is 4.80. The van der Waals surface area contributed by atoms with E-state index in [9.17, 15) is 24.6 Å². The maximum atomic E-state index is 11.9. The van der Waals surface area contributed by atoms with Crippen molar-refractivity contribution in [3.8, 4) is 0 Å². The van der Waals surface area contributed by atoms with E-state index in [1.807, 2.05) is 0 Å². The van der Waals surface area contributed by atoms with Crippen molar-refractivity contribution in [1.29, 1.82) is 0 Å². The number of Topliss-reactive ketones (excluding diaryl/α,β-unsaturated/α-hetero) is 1. The van der Waals surface area contributed by atoms with Gasteiger partial charge in [0, 0.05) is 6.42 Å². The monoisotopic (exact) mass is 400 g/mol. The molecule has 0 aromatic heterocycles. The summed E-state index contributed by atoms with van der Waals surface area (Å²) in [7, 11) is 0. The molecule has 6 nitrogen and oxygen atoms in total. The van der Waals surface area contributed by atoms with Crippen molar-refractivity contribution >= 4 is 17.7 Å². The van der Waals surface area contributed by atoms with E-state index in [1.165, 1.54) is 57.8 Å². The zero-order valence-electron chi connectivity index (χ0n) is 18.0. The molecule has 0 aliphatic rings. The number of aliphatic hydroxyl groups excluding tert-OH is 1. The smallest absolute Gasteiger partial charge is 0.355 e. The molecule has 0 spiro atoms. The van der Waals surface area contributed by atoms with Crippen molar-refractivity contribution in [2.45, 2.75) is 122 Å². The van der Waals surface area contributed by atoms with Crippen LogP contribution in [0.25, 0.3) is 0 Å². The van der Waals surface area contributed by atoms with Crippen LogP contribution < -0.4 is 0 Å². The van der Waals surface area contributed by atoms with Crippen molar-refractivity contribution < 1.29 is 29.3 Å². The lowest BCUT2D eigenvalue weighted by atomic mass is 9.97. The number of carboxylic acid groups (broad SMARTS) is 1. The van der Waals surface area contributed by atoms with Crippen molar-refractivity contribution in [3.05, 3.63) is 0 Å². The van der Waals surface area contributed by atoms with Gasteiger partial charge >= 0.3 is 11.9 Å². The Morgan fingerprint density at radius 1 is 0.821 bits per heavy atom. The van der Waals surface area contributed by atoms with Gasteiger partial charge in [-0.2, -0.15) is 0 Å². The number of carboxylic acids is 1. The van der Waals surface area contributed by atoms with Crippen LogP contribution in [-0.4, -0.2) is 39.6 Å². The zero-order chi connectivity index (χ0) is 21.4. The van der Waals surface area contributed by atoms with Crippen molar-refractivity contribution in [3.63, 3.8) is 0 Å². The Kier molecular flexibility index (Phi) is 14.7. The van der Waals surface area contributed by atoms with E-state index in [0.29, 0.717) is 6.42 Å². The molecular formula is C22H40O6. The van der Waals surface area contributed by atoms with Crippen LogP contribution in [0.2, 0.25) is 0 Å². The fourth-order valence-corrected chi connectivity index (χ4v) is 3.16. The van der Waals surface area contributed by atoms with Crippen molar-refractivity contribution in [1.82, 2.24) is 0 Å². The molecule has 164 valence electrons. The van der Waals surface area contributed by atoms with Crippen LogP contribution in [0, 0.1) is 0 Å². The van der Waals surface area contributed by atoms with E-state index < -0.39 is 29.4 Å². The SMILES string of the molecule is CCCCCCCCCCCCCCCC(=O)OC(C)(C(=O)O)C(=O)C(C)O. The average Bonchev–Trinajstić information content (AvgIpc) is 2.64. The Balaban J connectivity index is 3.77. The zero-order valence-corrected chi connectivity index (χ0v) is 18.0. The Morgan fingerprint density at radius 2 is 1.21 bits per heavy atom. The molecule has 28 heavy (non-hydrogen) atoms. The fourth-order valence-electron chi connectivity index (χ4n) is 3.16. The molecule has 0 fully saturated rings. The summed E-state index contributed by atoms with van der Waals surface area (Å²) in [5.41, 5.74) is -2.33. The normalized spacial score (nSPS) is 14.3. The van der Waals surface area contributed by atoms with Crippen LogP contribution in [0.1, 0.15) is 111 Å². The van der Waals surface area contributed by atoms with Crippen molar-refractivity contribution in [2.24, 2.45) is 0 Å². The second-order valence-electron chi connectivity index (χ2n) is 7.85. The minimum absolute atomic E-state index is 0.0771. The average molecular weight is 401 g/mol. The lowest BCUT2D eigenvalue weighted by Gasteiger charge is -2.24. The molecule has 0 aliphatic carbocycles. The molecule has 0 heterocycles. The van der Waals surface area contributed by atoms with Gasteiger partial charge in [0.2, 0.25) is 5.78 Å². The highest BCUT2D eigenvalue weighted by atomic mass is 16.6. The van der Waals surface area contributed by atoms with Gasteiger partial charge in [0.15, 0.2) is 0 Å². The summed E-state index contributed by atoms with van der Waals surface area (Å²) in [6, 6.07) is 0. The van der Waals surface area contributed by atoms with Crippen LogP contribution in [0.15, 0.2) is 0 Å². The highest BCUT2D eigenvalue weighted by molar-refractivity contribution is 6.09. The number of unbranched alkanes of at least 4 members (excludes halogenated alkanes) is 12. The van der Waals surface area contributed by atoms with E-state index in [-0.39, 0.29) is 6.42 Å². The van der Waals surface area contributed by atoms with E-state index in [1.54, 1.807) is 0 Å². The summed E-state index contributed by atoms with van der Waals surface area (Å²) < 4.78 is 4.88. The number of hydrogen-bond donors (Lipinski definition) is 2.